The quantitative estimate of drug-likeness (QED) is 0.243. The van der Waals surface area contributed by atoms with Gasteiger partial charge in [-0.25, -0.2) is 0 Å². The summed E-state index contributed by atoms with van der Waals surface area (Å²) in [4.78, 5) is 2.42. The summed E-state index contributed by atoms with van der Waals surface area (Å²) in [6, 6.07) is 32.5. The van der Waals surface area contributed by atoms with Crippen LogP contribution in [0.3, 0.4) is 0 Å². The summed E-state index contributed by atoms with van der Waals surface area (Å²) >= 11 is 0. The molecule has 0 radical (unpaired) electrons. The SMILES string of the molecule is C1=CC2Nc3ccccc3C2C2=C1C1=CC=C3C(c4ccccc4N3c3ccc4oc5ccccc5c4c3)C1O2. The van der Waals surface area contributed by atoms with E-state index in [2.05, 4.69) is 113 Å². The van der Waals surface area contributed by atoms with Crippen molar-refractivity contribution in [2.45, 2.75) is 24.0 Å². The Kier molecular flexibility index (Phi) is 3.85. The minimum Gasteiger partial charge on any atom is -0.488 e. The summed E-state index contributed by atoms with van der Waals surface area (Å²) in [5.74, 6) is 1.43. The first-order chi connectivity index (χ1) is 19.8. The third kappa shape index (κ3) is 2.56. The molecule has 4 unspecified atom stereocenters. The Morgan fingerprint density at radius 1 is 0.725 bits per heavy atom. The Labute approximate surface area is 231 Å². The summed E-state index contributed by atoms with van der Waals surface area (Å²) < 4.78 is 13.2. The number of benzene rings is 4. The minimum absolute atomic E-state index is 0.0502. The maximum atomic E-state index is 7.05. The van der Waals surface area contributed by atoms with Gasteiger partial charge in [-0.15, -0.1) is 0 Å². The average Bonchev–Trinajstić information content (AvgIpc) is 3.74. The zero-order chi connectivity index (χ0) is 25.9. The number of ether oxygens (including phenoxy) is 1. The Morgan fingerprint density at radius 3 is 2.52 bits per heavy atom. The van der Waals surface area contributed by atoms with Gasteiger partial charge in [-0.2, -0.15) is 0 Å². The Morgan fingerprint density at radius 2 is 1.55 bits per heavy atom. The normalized spacial score (nSPS) is 24.9. The largest absolute Gasteiger partial charge is 0.488 e. The molecule has 0 bridgehead atoms. The van der Waals surface area contributed by atoms with E-state index in [0.717, 1.165) is 33.4 Å². The number of hydrogen-bond donors (Lipinski definition) is 1. The third-order valence-electron chi connectivity index (χ3n) is 9.31. The van der Waals surface area contributed by atoms with Crippen molar-refractivity contribution in [3.63, 3.8) is 0 Å². The lowest BCUT2D eigenvalue weighted by atomic mass is 9.80. The second-order valence-corrected chi connectivity index (χ2v) is 11.3. The molecule has 5 aliphatic rings. The van der Waals surface area contributed by atoms with Crippen molar-refractivity contribution in [1.29, 1.82) is 0 Å². The number of hydrogen-bond acceptors (Lipinski definition) is 4. The van der Waals surface area contributed by atoms with E-state index in [4.69, 9.17) is 9.15 Å². The van der Waals surface area contributed by atoms with E-state index in [1.54, 1.807) is 0 Å². The maximum Gasteiger partial charge on any atom is 0.136 e. The average molecular weight is 517 g/mol. The molecule has 0 fully saturated rings. The van der Waals surface area contributed by atoms with Gasteiger partial charge in [0.1, 0.15) is 23.0 Å². The fourth-order valence-corrected chi connectivity index (χ4v) is 7.63. The Hall–Kier alpha value is -4.96. The van der Waals surface area contributed by atoms with Gasteiger partial charge in [0.15, 0.2) is 0 Å². The molecule has 4 heteroatoms. The summed E-state index contributed by atoms with van der Waals surface area (Å²) in [5.41, 5.74) is 11.8. The minimum atomic E-state index is -0.0502. The van der Waals surface area contributed by atoms with E-state index in [1.807, 2.05) is 12.1 Å². The highest BCUT2D eigenvalue weighted by Crippen LogP contribution is 2.58. The van der Waals surface area contributed by atoms with Crippen LogP contribution < -0.4 is 10.2 Å². The second-order valence-electron chi connectivity index (χ2n) is 11.3. The van der Waals surface area contributed by atoms with Gasteiger partial charge < -0.3 is 19.4 Å². The summed E-state index contributed by atoms with van der Waals surface area (Å²) in [5, 5.41) is 5.98. The molecule has 1 N–H and O–H groups in total. The number of fused-ring (bicyclic) bond motifs is 13. The molecule has 4 aromatic carbocycles. The lowest BCUT2D eigenvalue weighted by Crippen LogP contribution is -2.27. The molecule has 40 heavy (non-hydrogen) atoms. The molecule has 0 spiro atoms. The number of rotatable bonds is 1. The van der Waals surface area contributed by atoms with Crippen LogP contribution >= 0.6 is 0 Å². The number of allylic oxidation sites excluding steroid dienone is 3. The molecule has 1 aromatic heterocycles. The molecule has 0 saturated heterocycles. The van der Waals surface area contributed by atoms with Gasteiger partial charge in [0.05, 0.1) is 17.9 Å². The molecule has 4 atom stereocenters. The summed E-state index contributed by atoms with van der Waals surface area (Å²) in [7, 11) is 0. The number of nitrogens with one attached hydrogen (secondary N) is 1. The number of anilines is 3. The fourth-order valence-electron chi connectivity index (χ4n) is 7.63. The Balaban J connectivity index is 1.12. The van der Waals surface area contributed by atoms with Gasteiger partial charge in [0.2, 0.25) is 0 Å². The van der Waals surface area contributed by atoms with Crippen molar-refractivity contribution in [3.05, 3.63) is 149 Å². The molecule has 3 aliphatic heterocycles. The molecule has 4 nitrogen and oxygen atoms in total. The van der Waals surface area contributed by atoms with Crippen molar-refractivity contribution in [2.75, 3.05) is 10.2 Å². The van der Waals surface area contributed by atoms with Crippen LogP contribution in [0.25, 0.3) is 21.9 Å². The topological polar surface area (TPSA) is 37.6 Å². The molecule has 2 aliphatic carbocycles. The zero-order valence-corrected chi connectivity index (χ0v) is 21.5. The molecule has 190 valence electrons. The number of nitrogens with zero attached hydrogens (tertiary/aromatic N) is 1. The van der Waals surface area contributed by atoms with Crippen LogP contribution in [-0.2, 0) is 4.74 Å². The van der Waals surface area contributed by atoms with Gasteiger partial charge in [-0.1, -0.05) is 72.8 Å². The first-order valence-corrected chi connectivity index (χ1v) is 14.0. The van der Waals surface area contributed by atoms with Crippen LogP contribution in [0, 0.1) is 0 Å². The molecule has 0 amide bonds. The lowest BCUT2D eigenvalue weighted by Gasteiger charge is -2.30. The van der Waals surface area contributed by atoms with Gasteiger partial charge in [0.25, 0.3) is 0 Å². The molecule has 5 aromatic rings. The van der Waals surface area contributed by atoms with E-state index < -0.39 is 0 Å². The highest BCUT2D eigenvalue weighted by Gasteiger charge is 2.50. The van der Waals surface area contributed by atoms with Crippen LogP contribution in [0.4, 0.5) is 17.1 Å². The van der Waals surface area contributed by atoms with Crippen molar-refractivity contribution in [2.24, 2.45) is 0 Å². The molecule has 0 saturated carbocycles. The maximum absolute atomic E-state index is 7.05. The predicted octanol–water partition coefficient (Wildman–Crippen LogP) is 8.45. The highest BCUT2D eigenvalue weighted by molar-refractivity contribution is 6.06. The van der Waals surface area contributed by atoms with E-state index >= 15 is 0 Å². The molecular formula is C36H24N2O2. The molecular weight excluding hydrogens is 492 g/mol. The third-order valence-corrected chi connectivity index (χ3v) is 9.31. The van der Waals surface area contributed by atoms with Crippen molar-refractivity contribution in [1.82, 2.24) is 0 Å². The molecule has 10 rings (SSSR count). The lowest BCUT2D eigenvalue weighted by molar-refractivity contribution is 0.137. The van der Waals surface area contributed by atoms with Crippen LogP contribution in [0.2, 0.25) is 0 Å². The highest BCUT2D eigenvalue weighted by atomic mass is 16.5. The van der Waals surface area contributed by atoms with Crippen LogP contribution in [0.1, 0.15) is 23.0 Å². The zero-order valence-electron chi connectivity index (χ0n) is 21.5. The van der Waals surface area contributed by atoms with E-state index in [0.29, 0.717) is 0 Å². The van der Waals surface area contributed by atoms with Crippen LogP contribution in [-0.4, -0.2) is 12.1 Å². The van der Waals surface area contributed by atoms with Crippen molar-refractivity contribution < 1.29 is 9.15 Å². The van der Waals surface area contributed by atoms with Crippen LogP contribution in [0.15, 0.2) is 142 Å². The van der Waals surface area contributed by atoms with E-state index in [1.165, 1.54) is 39.3 Å². The van der Waals surface area contributed by atoms with Crippen LogP contribution in [0.5, 0.6) is 0 Å². The summed E-state index contributed by atoms with van der Waals surface area (Å²) in [6.07, 6.45) is 9.15. The number of furan rings is 1. The standard InChI is InChI=1S/C36H24N2O2/c1-4-10-27-24(8-1)33-28(37-27)16-14-22-23-15-17-30-34(36(23)40-35(22)33)25-9-2-5-11-29(25)38(30)20-13-18-32-26(19-20)21-7-3-6-12-31(21)39-32/h1-19,28,33-34,36-37H. The summed E-state index contributed by atoms with van der Waals surface area (Å²) in [6.45, 7) is 0. The molecule has 4 heterocycles. The van der Waals surface area contributed by atoms with E-state index in [9.17, 15) is 0 Å². The van der Waals surface area contributed by atoms with Crippen molar-refractivity contribution >= 4 is 39.0 Å². The fraction of sp³-hybridized carbons (Fsp3) is 0.111. The monoisotopic (exact) mass is 516 g/mol. The first kappa shape index (κ1) is 20.9. The smallest absolute Gasteiger partial charge is 0.136 e. The predicted molar refractivity (Wildman–Crippen MR) is 159 cm³/mol. The van der Waals surface area contributed by atoms with Gasteiger partial charge in [-0.3, -0.25) is 0 Å². The van der Waals surface area contributed by atoms with Gasteiger partial charge in [-0.05, 0) is 53.6 Å². The first-order valence-electron chi connectivity index (χ1n) is 14.0. The van der Waals surface area contributed by atoms with E-state index in [-0.39, 0.29) is 24.0 Å². The second kappa shape index (κ2) is 7.36. The van der Waals surface area contributed by atoms with Crippen molar-refractivity contribution in [3.8, 4) is 0 Å². The van der Waals surface area contributed by atoms with Gasteiger partial charge >= 0.3 is 0 Å². The van der Waals surface area contributed by atoms with Gasteiger partial charge in [0, 0.05) is 44.7 Å². The number of para-hydroxylation sites is 3. The Bertz CT molecular complexity index is 2060.